The number of nitrogens with two attached hydrogens (primary N) is 1. The second kappa shape index (κ2) is 16.6. The van der Waals surface area contributed by atoms with Gasteiger partial charge in [-0.1, -0.05) is 27.7 Å². The van der Waals surface area contributed by atoms with Gasteiger partial charge in [-0.25, -0.2) is 0 Å². The van der Waals surface area contributed by atoms with E-state index in [4.69, 9.17) is 5.73 Å². The van der Waals surface area contributed by atoms with Crippen molar-refractivity contribution in [2.45, 2.75) is 53.4 Å². The van der Waals surface area contributed by atoms with Crippen LogP contribution in [0, 0.1) is 0 Å². The maximum Gasteiger partial charge on any atom is 0.226 e. The van der Waals surface area contributed by atoms with Gasteiger partial charge in [0.1, 0.15) is 11.6 Å². The van der Waals surface area contributed by atoms with Crippen LogP contribution < -0.4 is 16.4 Å². The van der Waals surface area contributed by atoms with E-state index < -0.39 is 0 Å². The Morgan fingerprint density at radius 3 is 1.79 bits per heavy atom. The van der Waals surface area contributed by atoms with Gasteiger partial charge in [-0.2, -0.15) is 9.97 Å². The third kappa shape index (κ3) is 11.5. The van der Waals surface area contributed by atoms with Gasteiger partial charge >= 0.3 is 0 Å². The number of rotatable bonds is 16. The number of nitrogens with one attached hydrogen (secondary N) is 2. The van der Waals surface area contributed by atoms with Crippen molar-refractivity contribution in [1.29, 1.82) is 0 Å². The molecule has 0 fully saturated rings. The fraction of sp³-hybridized carbons (Fsp3) is 0.800. The average molecular weight is 416 g/mol. The van der Waals surface area contributed by atoms with E-state index in [1.165, 1.54) is 12.8 Å². The molecule has 1 aromatic rings. The Labute approximate surface area is 178 Å². The van der Waals surface area contributed by atoms with Gasteiger partial charge in [-0.15, -0.1) is 12.4 Å². The van der Waals surface area contributed by atoms with Crippen LogP contribution in [0.2, 0.25) is 0 Å². The average Bonchev–Trinajstić information content (AvgIpc) is 2.67. The summed E-state index contributed by atoms with van der Waals surface area (Å²) in [6, 6.07) is 1.80. The minimum Gasteiger partial charge on any atom is -0.383 e. The molecular formula is C20H42ClN7. The molecule has 0 aliphatic rings. The predicted molar refractivity (Wildman–Crippen MR) is 125 cm³/mol. The van der Waals surface area contributed by atoms with E-state index in [1.54, 1.807) is 6.07 Å². The van der Waals surface area contributed by atoms with Crippen molar-refractivity contribution in [3.63, 3.8) is 0 Å². The summed E-state index contributed by atoms with van der Waals surface area (Å²) in [6.45, 7) is 17.4. The van der Waals surface area contributed by atoms with Crippen LogP contribution in [0.15, 0.2) is 6.07 Å². The molecule has 4 N–H and O–H groups in total. The molecule has 28 heavy (non-hydrogen) atoms. The summed E-state index contributed by atoms with van der Waals surface area (Å²) < 4.78 is 0. The molecule has 0 spiro atoms. The van der Waals surface area contributed by atoms with Crippen molar-refractivity contribution in [2.75, 3.05) is 68.7 Å². The van der Waals surface area contributed by atoms with Crippen LogP contribution in [-0.2, 0) is 0 Å². The molecule has 164 valence electrons. The number of anilines is 3. The summed E-state index contributed by atoms with van der Waals surface area (Å²) in [5.74, 6) is 1.92. The molecule has 0 aliphatic heterocycles. The van der Waals surface area contributed by atoms with Crippen LogP contribution in [0.1, 0.15) is 53.4 Å². The van der Waals surface area contributed by atoms with Gasteiger partial charge in [0.25, 0.3) is 0 Å². The molecular weight excluding hydrogens is 374 g/mol. The van der Waals surface area contributed by atoms with E-state index in [-0.39, 0.29) is 12.4 Å². The molecule has 0 aromatic carbocycles. The zero-order valence-electron chi connectivity index (χ0n) is 18.3. The minimum atomic E-state index is 0. The van der Waals surface area contributed by atoms with Crippen LogP contribution in [-0.4, -0.2) is 72.1 Å². The lowest BCUT2D eigenvalue weighted by atomic mass is 10.3. The second-order valence-corrected chi connectivity index (χ2v) is 6.82. The van der Waals surface area contributed by atoms with E-state index in [1.807, 2.05) is 0 Å². The summed E-state index contributed by atoms with van der Waals surface area (Å²) in [7, 11) is 0. The number of hydrogen-bond acceptors (Lipinski definition) is 7. The van der Waals surface area contributed by atoms with Crippen molar-refractivity contribution < 1.29 is 0 Å². The molecule has 1 aromatic heterocycles. The van der Waals surface area contributed by atoms with Crippen LogP contribution in [0.25, 0.3) is 0 Å². The number of aromatic nitrogens is 2. The zero-order valence-corrected chi connectivity index (χ0v) is 19.2. The molecule has 0 saturated carbocycles. The van der Waals surface area contributed by atoms with Crippen molar-refractivity contribution in [3.05, 3.63) is 6.07 Å². The Hall–Kier alpha value is -1.31. The number of unbranched alkanes of at least 4 members (excludes halogenated alkanes) is 2. The standard InChI is InChI=1S/C20H41N7.ClH/c1-5-26(6-2)15-11-9-13-22-19-17-18(21)24-20(25-19)23-14-10-12-16-27(7-3)8-4;/h17H,5-16H2,1-4H3,(H4,21,22,23,24,25);1H. The molecule has 0 atom stereocenters. The molecule has 1 rings (SSSR count). The predicted octanol–water partition coefficient (Wildman–Crippen LogP) is 3.55. The Morgan fingerprint density at radius 1 is 0.786 bits per heavy atom. The third-order valence-corrected chi connectivity index (χ3v) is 4.93. The van der Waals surface area contributed by atoms with Crippen LogP contribution in [0.4, 0.5) is 17.6 Å². The fourth-order valence-electron chi connectivity index (χ4n) is 3.05. The monoisotopic (exact) mass is 415 g/mol. The summed E-state index contributed by atoms with van der Waals surface area (Å²) in [4.78, 5) is 13.7. The Morgan fingerprint density at radius 2 is 1.29 bits per heavy atom. The molecule has 0 amide bonds. The van der Waals surface area contributed by atoms with Gasteiger partial charge in [0.05, 0.1) is 0 Å². The van der Waals surface area contributed by atoms with Gasteiger partial charge in [-0.05, 0) is 65.0 Å². The fourth-order valence-corrected chi connectivity index (χ4v) is 3.05. The smallest absolute Gasteiger partial charge is 0.226 e. The molecule has 0 unspecified atom stereocenters. The second-order valence-electron chi connectivity index (χ2n) is 6.82. The normalized spacial score (nSPS) is 10.9. The van der Waals surface area contributed by atoms with Crippen LogP contribution in [0.3, 0.4) is 0 Å². The highest BCUT2D eigenvalue weighted by atomic mass is 35.5. The molecule has 0 saturated heterocycles. The van der Waals surface area contributed by atoms with Crippen molar-refractivity contribution in [2.24, 2.45) is 0 Å². The molecule has 0 bridgehead atoms. The highest BCUT2D eigenvalue weighted by Gasteiger charge is 2.04. The largest absolute Gasteiger partial charge is 0.383 e. The van der Waals surface area contributed by atoms with E-state index in [9.17, 15) is 0 Å². The summed E-state index contributed by atoms with van der Waals surface area (Å²) in [6.07, 6.45) is 4.58. The van der Waals surface area contributed by atoms with Gasteiger partial charge in [0.2, 0.25) is 5.95 Å². The lowest BCUT2D eigenvalue weighted by Crippen LogP contribution is -2.24. The number of halogens is 1. The van der Waals surface area contributed by atoms with Crippen molar-refractivity contribution in [1.82, 2.24) is 19.8 Å². The Bertz CT molecular complexity index is 453. The van der Waals surface area contributed by atoms with E-state index in [0.29, 0.717) is 11.8 Å². The van der Waals surface area contributed by atoms with Gasteiger partial charge in [0, 0.05) is 19.2 Å². The third-order valence-electron chi connectivity index (χ3n) is 4.93. The molecule has 0 radical (unpaired) electrons. The van der Waals surface area contributed by atoms with Crippen LogP contribution in [0.5, 0.6) is 0 Å². The SMILES string of the molecule is CCN(CC)CCCCNc1cc(N)nc(NCCCCN(CC)CC)n1.Cl. The van der Waals surface area contributed by atoms with Gasteiger partial charge in [-0.3, -0.25) is 0 Å². The highest BCUT2D eigenvalue weighted by molar-refractivity contribution is 5.85. The highest BCUT2D eigenvalue weighted by Crippen LogP contribution is 2.12. The zero-order chi connectivity index (χ0) is 19.9. The first kappa shape index (κ1) is 26.7. The van der Waals surface area contributed by atoms with Gasteiger partial charge < -0.3 is 26.2 Å². The number of nitrogen functional groups attached to an aromatic ring is 1. The maximum atomic E-state index is 5.93. The summed E-state index contributed by atoms with van der Waals surface area (Å²) in [5.41, 5.74) is 5.93. The lowest BCUT2D eigenvalue weighted by Gasteiger charge is -2.18. The Kier molecular flexibility index (Phi) is 15.8. The summed E-state index contributed by atoms with van der Waals surface area (Å²) in [5, 5.41) is 6.67. The van der Waals surface area contributed by atoms with E-state index >= 15 is 0 Å². The van der Waals surface area contributed by atoms with Crippen molar-refractivity contribution >= 4 is 30.0 Å². The first-order chi connectivity index (χ1) is 13.1. The maximum absolute atomic E-state index is 5.93. The summed E-state index contributed by atoms with van der Waals surface area (Å²) >= 11 is 0. The van der Waals surface area contributed by atoms with Crippen LogP contribution >= 0.6 is 12.4 Å². The molecule has 1 heterocycles. The molecule has 0 aliphatic carbocycles. The van der Waals surface area contributed by atoms with Crippen molar-refractivity contribution in [3.8, 4) is 0 Å². The van der Waals surface area contributed by atoms with Gasteiger partial charge in [0.15, 0.2) is 0 Å². The van der Waals surface area contributed by atoms with E-state index in [2.05, 4.69) is 58.1 Å². The quantitative estimate of drug-likeness (QED) is 0.356. The lowest BCUT2D eigenvalue weighted by molar-refractivity contribution is 0.298. The molecule has 7 nitrogen and oxygen atoms in total. The van der Waals surface area contributed by atoms with E-state index in [0.717, 1.165) is 71.0 Å². The topological polar surface area (TPSA) is 82.3 Å². The first-order valence-corrected chi connectivity index (χ1v) is 10.7. The molecule has 8 heteroatoms. The number of hydrogen-bond donors (Lipinski definition) is 3. The first-order valence-electron chi connectivity index (χ1n) is 10.7. The minimum absolute atomic E-state index is 0. The number of nitrogens with zero attached hydrogens (tertiary/aromatic N) is 4. The Balaban J connectivity index is 0.00000729.